The van der Waals surface area contributed by atoms with Crippen LogP contribution in [0.4, 0.5) is 0 Å². The van der Waals surface area contributed by atoms with E-state index < -0.39 is 10.0 Å². The van der Waals surface area contributed by atoms with Crippen LogP contribution < -0.4 is 4.72 Å². The molecule has 20 heavy (non-hydrogen) atoms. The van der Waals surface area contributed by atoms with Crippen LogP contribution in [0.15, 0.2) is 42.5 Å². The van der Waals surface area contributed by atoms with Crippen molar-refractivity contribution in [1.82, 2.24) is 4.72 Å². The Labute approximate surface area is 134 Å². The van der Waals surface area contributed by atoms with Crippen LogP contribution in [-0.2, 0) is 16.6 Å². The van der Waals surface area contributed by atoms with Crippen molar-refractivity contribution in [2.75, 3.05) is 0 Å². The molecule has 108 valence electrons. The van der Waals surface area contributed by atoms with E-state index in [0.717, 1.165) is 15.8 Å². The van der Waals surface area contributed by atoms with Gasteiger partial charge in [-0.3, -0.25) is 0 Å². The second-order valence-electron chi connectivity index (χ2n) is 4.37. The Balaban J connectivity index is 2.24. The minimum Gasteiger partial charge on any atom is -0.465 e. The van der Waals surface area contributed by atoms with Gasteiger partial charge in [-0.1, -0.05) is 15.9 Å². The first-order valence-electron chi connectivity index (χ1n) is 5.80. The first-order valence-corrected chi connectivity index (χ1v) is 8.87. The van der Waals surface area contributed by atoms with Gasteiger partial charge in [0.25, 0.3) is 0 Å². The molecular weight excluding hydrogens is 410 g/mol. The summed E-state index contributed by atoms with van der Waals surface area (Å²) < 4.78 is 33.7. The van der Waals surface area contributed by atoms with Gasteiger partial charge in [0.1, 0.15) is 11.5 Å². The molecule has 1 aromatic carbocycles. The van der Waals surface area contributed by atoms with E-state index in [9.17, 15) is 8.42 Å². The van der Waals surface area contributed by atoms with Crippen molar-refractivity contribution in [3.8, 4) is 0 Å². The van der Waals surface area contributed by atoms with Gasteiger partial charge in [-0.2, -0.15) is 0 Å². The van der Waals surface area contributed by atoms with Crippen molar-refractivity contribution < 1.29 is 12.8 Å². The van der Waals surface area contributed by atoms with Crippen molar-refractivity contribution in [1.29, 1.82) is 0 Å². The molecule has 4 nitrogen and oxygen atoms in total. The SMILES string of the molecule is Cc1ccc(CNS(=O)(=O)c2cc(Br)c(C)cc2Br)o1. The largest absolute Gasteiger partial charge is 0.465 e. The van der Waals surface area contributed by atoms with Crippen molar-refractivity contribution in [3.63, 3.8) is 0 Å². The average molecular weight is 423 g/mol. The quantitative estimate of drug-likeness (QED) is 0.812. The molecule has 1 heterocycles. The van der Waals surface area contributed by atoms with Crippen LogP contribution in [0.3, 0.4) is 0 Å². The smallest absolute Gasteiger partial charge is 0.242 e. The van der Waals surface area contributed by atoms with Crippen LogP contribution in [0.2, 0.25) is 0 Å². The summed E-state index contributed by atoms with van der Waals surface area (Å²) in [6.07, 6.45) is 0. The molecule has 0 bridgehead atoms. The van der Waals surface area contributed by atoms with Gasteiger partial charge in [-0.25, -0.2) is 13.1 Å². The summed E-state index contributed by atoms with van der Waals surface area (Å²) in [5.41, 5.74) is 0.956. The molecule has 0 amide bonds. The standard InChI is InChI=1S/C13H13Br2NO3S/c1-8-5-12(15)13(6-11(8)14)20(17,18)16-7-10-4-3-9(2)19-10/h3-6,16H,7H2,1-2H3. The maximum atomic E-state index is 12.3. The number of sulfonamides is 1. The summed E-state index contributed by atoms with van der Waals surface area (Å²) in [5, 5.41) is 0. The zero-order valence-electron chi connectivity index (χ0n) is 10.9. The summed E-state index contributed by atoms with van der Waals surface area (Å²) in [7, 11) is -3.61. The van der Waals surface area contributed by atoms with Gasteiger partial charge in [0, 0.05) is 8.95 Å². The number of aryl methyl sites for hydroxylation is 2. The predicted octanol–water partition coefficient (Wildman–Crippen LogP) is 3.90. The minimum atomic E-state index is -3.61. The van der Waals surface area contributed by atoms with Crippen LogP contribution in [0.5, 0.6) is 0 Å². The molecule has 0 aliphatic rings. The fourth-order valence-corrected chi connectivity index (χ4v) is 4.33. The normalized spacial score (nSPS) is 11.8. The Kier molecular flexibility index (Phi) is 4.73. The molecule has 2 rings (SSSR count). The van der Waals surface area contributed by atoms with E-state index in [0.29, 0.717) is 10.2 Å². The molecule has 1 aromatic heterocycles. The topological polar surface area (TPSA) is 59.3 Å². The summed E-state index contributed by atoms with van der Waals surface area (Å²) in [5.74, 6) is 1.33. The first kappa shape index (κ1) is 15.8. The molecule has 0 unspecified atom stereocenters. The van der Waals surface area contributed by atoms with Gasteiger partial charge in [0.2, 0.25) is 10.0 Å². The second kappa shape index (κ2) is 6.01. The molecule has 7 heteroatoms. The van der Waals surface area contributed by atoms with Crippen LogP contribution in [0.1, 0.15) is 17.1 Å². The number of furan rings is 1. The van der Waals surface area contributed by atoms with Crippen molar-refractivity contribution in [3.05, 3.63) is 50.3 Å². The van der Waals surface area contributed by atoms with E-state index in [-0.39, 0.29) is 11.4 Å². The van der Waals surface area contributed by atoms with Crippen molar-refractivity contribution >= 4 is 41.9 Å². The number of halogens is 2. The van der Waals surface area contributed by atoms with Crippen molar-refractivity contribution in [2.45, 2.75) is 25.3 Å². The Hall–Kier alpha value is -0.630. The minimum absolute atomic E-state index is 0.119. The van der Waals surface area contributed by atoms with Gasteiger partial charge in [-0.05, 0) is 59.6 Å². The highest BCUT2D eigenvalue weighted by atomic mass is 79.9. The molecule has 0 atom stereocenters. The second-order valence-corrected chi connectivity index (χ2v) is 7.81. The molecule has 0 radical (unpaired) electrons. The number of hydrogen-bond acceptors (Lipinski definition) is 3. The molecular formula is C13H13Br2NO3S. The molecule has 0 saturated heterocycles. The lowest BCUT2D eigenvalue weighted by Crippen LogP contribution is -2.23. The van der Waals surface area contributed by atoms with Crippen molar-refractivity contribution in [2.24, 2.45) is 0 Å². The molecule has 0 fully saturated rings. The first-order chi connectivity index (χ1) is 9.29. The lowest BCUT2D eigenvalue weighted by atomic mass is 10.2. The highest BCUT2D eigenvalue weighted by Gasteiger charge is 2.19. The van der Waals surface area contributed by atoms with Gasteiger partial charge in [0.05, 0.1) is 11.4 Å². The Morgan fingerprint density at radius 1 is 1.15 bits per heavy atom. The zero-order valence-corrected chi connectivity index (χ0v) is 14.9. The number of benzene rings is 1. The van der Waals surface area contributed by atoms with Gasteiger partial charge < -0.3 is 4.42 Å². The monoisotopic (exact) mass is 421 g/mol. The van der Waals surface area contributed by atoms with Crippen LogP contribution in [0, 0.1) is 13.8 Å². The van der Waals surface area contributed by atoms with E-state index in [1.807, 2.05) is 13.8 Å². The third kappa shape index (κ3) is 3.52. The Morgan fingerprint density at radius 3 is 2.45 bits per heavy atom. The maximum Gasteiger partial charge on any atom is 0.242 e. The van der Waals surface area contributed by atoms with E-state index in [1.165, 1.54) is 0 Å². The molecule has 2 aromatic rings. The lowest BCUT2D eigenvalue weighted by molar-refractivity contribution is 0.475. The highest BCUT2D eigenvalue weighted by molar-refractivity contribution is 9.11. The summed E-state index contributed by atoms with van der Waals surface area (Å²) >= 11 is 6.62. The van der Waals surface area contributed by atoms with E-state index >= 15 is 0 Å². The molecule has 0 aliphatic heterocycles. The van der Waals surface area contributed by atoms with E-state index in [1.54, 1.807) is 24.3 Å². The maximum absolute atomic E-state index is 12.3. The lowest BCUT2D eigenvalue weighted by Gasteiger charge is -2.09. The van der Waals surface area contributed by atoms with Crippen LogP contribution in [-0.4, -0.2) is 8.42 Å². The summed E-state index contributed by atoms with van der Waals surface area (Å²) in [6, 6.07) is 6.88. The third-order valence-electron chi connectivity index (χ3n) is 2.74. The summed E-state index contributed by atoms with van der Waals surface area (Å²) in [4.78, 5) is 0.193. The molecule has 0 saturated carbocycles. The third-order valence-corrected chi connectivity index (χ3v) is 5.95. The fourth-order valence-electron chi connectivity index (χ4n) is 1.66. The summed E-state index contributed by atoms with van der Waals surface area (Å²) in [6.45, 7) is 3.82. The average Bonchev–Trinajstić information content (AvgIpc) is 2.77. The van der Waals surface area contributed by atoms with Crippen LogP contribution in [0.25, 0.3) is 0 Å². The molecule has 0 spiro atoms. The number of nitrogens with one attached hydrogen (secondary N) is 1. The number of hydrogen-bond donors (Lipinski definition) is 1. The predicted molar refractivity (Wildman–Crippen MR) is 84.0 cm³/mol. The van der Waals surface area contributed by atoms with E-state index in [2.05, 4.69) is 36.6 Å². The molecule has 1 N–H and O–H groups in total. The zero-order chi connectivity index (χ0) is 14.9. The van der Waals surface area contributed by atoms with Crippen LogP contribution >= 0.6 is 31.9 Å². The van der Waals surface area contributed by atoms with E-state index in [4.69, 9.17) is 4.42 Å². The number of rotatable bonds is 4. The Bertz CT molecular complexity index is 738. The Morgan fingerprint density at radius 2 is 1.85 bits per heavy atom. The van der Waals surface area contributed by atoms with Gasteiger partial charge >= 0.3 is 0 Å². The van der Waals surface area contributed by atoms with Gasteiger partial charge in [-0.15, -0.1) is 0 Å². The fraction of sp³-hybridized carbons (Fsp3) is 0.231. The highest BCUT2D eigenvalue weighted by Crippen LogP contribution is 2.28. The molecule has 0 aliphatic carbocycles. The van der Waals surface area contributed by atoms with Gasteiger partial charge in [0.15, 0.2) is 0 Å².